The van der Waals surface area contributed by atoms with Crippen LogP contribution < -0.4 is 10.6 Å². The van der Waals surface area contributed by atoms with Crippen LogP contribution in [0.2, 0.25) is 5.02 Å². The molecule has 1 heterocycles. The van der Waals surface area contributed by atoms with E-state index in [0.29, 0.717) is 11.6 Å². The van der Waals surface area contributed by atoms with Crippen molar-refractivity contribution in [2.75, 3.05) is 13.1 Å². The fourth-order valence-electron chi connectivity index (χ4n) is 2.70. The maximum absolute atomic E-state index is 12.2. The van der Waals surface area contributed by atoms with E-state index in [1.807, 2.05) is 12.1 Å². The number of ether oxygens (including phenoxy) is 1. The molecular weight excluding hydrogens is 328 g/mol. The van der Waals surface area contributed by atoms with E-state index < -0.39 is 5.60 Å². The Morgan fingerprint density at radius 2 is 1.88 bits per heavy atom. The van der Waals surface area contributed by atoms with Crippen LogP contribution in [-0.4, -0.2) is 30.6 Å². The minimum Gasteiger partial charge on any atom is -0.459 e. The number of rotatable bonds is 6. The molecule has 1 amide bonds. The molecule has 0 saturated carbocycles. The smallest absolute Gasteiger partial charge is 0.309 e. The summed E-state index contributed by atoms with van der Waals surface area (Å²) in [4.78, 5) is 24.3. The number of amides is 1. The van der Waals surface area contributed by atoms with Gasteiger partial charge in [-0.3, -0.25) is 9.59 Å². The fraction of sp³-hybridized carbons (Fsp3) is 0.556. The summed E-state index contributed by atoms with van der Waals surface area (Å²) >= 11 is 5.83. The summed E-state index contributed by atoms with van der Waals surface area (Å²) in [7, 11) is 0. The molecule has 1 saturated heterocycles. The third-order valence-corrected chi connectivity index (χ3v) is 4.29. The Kier molecular flexibility index (Phi) is 6.63. The third-order valence-electron chi connectivity index (χ3n) is 4.04. The van der Waals surface area contributed by atoms with E-state index in [4.69, 9.17) is 16.3 Å². The quantitative estimate of drug-likeness (QED) is 0.772. The molecule has 0 radical (unpaired) electrons. The first kappa shape index (κ1) is 18.7. The van der Waals surface area contributed by atoms with Crippen molar-refractivity contribution in [1.29, 1.82) is 0 Å². The largest absolute Gasteiger partial charge is 0.459 e. The molecule has 0 spiro atoms. The zero-order valence-corrected chi connectivity index (χ0v) is 15.0. The fourth-order valence-corrected chi connectivity index (χ4v) is 2.83. The van der Waals surface area contributed by atoms with Crippen molar-refractivity contribution in [2.24, 2.45) is 5.92 Å². The van der Waals surface area contributed by atoms with Gasteiger partial charge in [0, 0.05) is 11.6 Å². The van der Waals surface area contributed by atoms with Crippen LogP contribution in [0.3, 0.4) is 0 Å². The maximum atomic E-state index is 12.2. The van der Waals surface area contributed by atoms with Crippen LogP contribution in [0.1, 0.15) is 38.7 Å². The number of halogens is 1. The van der Waals surface area contributed by atoms with E-state index in [2.05, 4.69) is 10.6 Å². The molecule has 1 aromatic rings. The molecule has 2 rings (SSSR count). The van der Waals surface area contributed by atoms with Crippen molar-refractivity contribution in [1.82, 2.24) is 10.6 Å². The number of carbonyl (C=O) groups excluding carboxylic acids is 2. The SMILES string of the molecule is CC(C)(CC(=O)NCc1ccc(Cl)cc1)OC(=O)C1CCNCC1. The van der Waals surface area contributed by atoms with Crippen LogP contribution in [0.5, 0.6) is 0 Å². The van der Waals surface area contributed by atoms with Gasteiger partial charge in [-0.15, -0.1) is 0 Å². The van der Waals surface area contributed by atoms with E-state index in [9.17, 15) is 9.59 Å². The molecule has 2 N–H and O–H groups in total. The number of benzene rings is 1. The number of carbonyl (C=O) groups is 2. The van der Waals surface area contributed by atoms with Crippen molar-refractivity contribution in [3.05, 3.63) is 34.9 Å². The first-order chi connectivity index (χ1) is 11.4. The Morgan fingerprint density at radius 1 is 1.25 bits per heavy atom. The Bertz CT molecular complexity index is 566. The zero-order valence-electron chi connectivity index (χ0n) is 14.2. The first-order valence-corrected chi connectivity index (χ1v) is 8.68. The van der Waals surface area contributed by atoms with Gasteiger partial charge in [0.1, 0.15) is 5.60 Å². The Morgan fingerprint density at radius 3 is 2.50 bits per heavy atom. The summed E-state index contributed by atoms with van der Waals surface area (Å²) in [5, 5.41) is 6.73. The molecule has 0 aliphatic carbocycles. The molecule has 6 heteroatoms. The molecule has 0 unspecified atom stereocenters. The van der Waals surface area contributed by atoms with Crippen molar-refractivity contribution in [3.63, 3.8) is 0 Å². The molecule has 1 aromatic carbocycles. The number of hydrogen-bond donors (Lipinski definition) is 2. The second kappa shape index (κ2) is 8.49. The van der Waals surface area contributed by atoms with Gasteiger partial charge in [0.25, 0.3) is 0 Å². The van der Waals surface area contributed by atoms with Gasteiger partial charge in [-0.1, -0.05) is 23.7 Å². The summed E-state index contributed by atoms with van der Waals surface area (Å²) in [5.41, 5.74) is 0.156. The van der Waals surface area contributed by atoms with Crippen molar-refractivity contribution in [2.45, 2.75) is 45.3 Å². The van der Waals surface area contributed by atoms with Crippen LogP contribution in [0, 0.1) is 5.92 Å². The van der Waals surface area contributed by atoms with Gasteiger partial charge in [0.05, 0.1) is 12.3 Å². The molecule has 1 aliphatic heterocycles. The summed E-state index contributed by atoms with van der Waals surface area (Å²) in [5.74, 6) is -0.414. The number of nitrogens with one attached hydrogen (secondary N) is 2. The highest BCUT2D eigenvalue weighted by Gasteiger charge is 2.30. The molecule has 5 nitrogen and oxygen atoms in total. The van der Waals surface area contributed by atoms with E-state index in [1.54, 1.807) is 26.0 Å². The highest BCUT2D eigenvalue weighted by Crippen LogP contribution is 2.21. The monoisotopic (exact) mass is 352 g/mol. The molecule has 1 fully saturated rings. The molecule has 0 atom stereocenters. The lowest BCUT2D eigenvalue weighted by molar-refractivity contribution is -0.164. The maximum Gasteiger partial charge on any atom is 0.309 e. The predicted molar refractivity (Wildman–Crippen MR) is 93.7 cm³/mol. The molecule has 24 heavy (non-hydrogen) atoms. The minimum absolute atomic E-state index is 0.0670. The molecule has 1 aliphatic rings. The normalized spacial score (nSPS) is 15.8. The second-order valence-corrected chi connectivity index (χ2v) is 7.22. The molecule has 0 bridgehead atoms. The van der Waals surface area contributed by atoms with E-state index in [0.717, 1.165) is 31.5 Å². The zero-order chi connectivity index (χ0) is 17.6. The van der Waals surface area contributed by atoms with Crippen molar-refractivity contribution >= 4 is 23.5 Å². The summed E-state index contributed by atoms with van der Waals surface area (Å²) in [6.45, 7) is 5.64. The standard InChI is InChI=1S/C18H25ClN2O3/c1-18(2,24-17(23)14-7-9-20-10-8-14)11-16(22)21-12-13-3-5-15(19)6-4-13/h3-6,14,20H,7-12H2,1-2H3,(H,21,22). The molecule has 132 valence electrons. The van der Waals surface area contributed by atoms with Gasteiger partial charge in [-0.2, -0.15) is 0 Å². The topological polar surface area (TPSA) is 67.4 Å². The molecular formula is C18H25ClN2O3. The second-order valence-electron chi connectivity index (χ2n) is 6.79. The van der Waals surface area contributed by atoms with Gasteiger partial charge in [-0.25, -0.2) is 0 Å². The van der Waals surface area contributed by atoms with Crippen molar-refractivity contribution in [3.8, 4) is 0 Å². The summed E-state index contributed by atoms with van der Waals surface area (Å²) in [6.07, 6.45) is 1.71. The third kappa shape index (κ3) is 6.13. The van der Waals surface area contributed by atoms with E-state index >= 15 is 0 Å². The summed E-state index contributed by atoms with van der Waals surface area (Å²) < 4.78 is 5.57. The highest BCUT2D eigenvalue weighted by molar-refractivity contribution is 6.30. The van der Waals surface area contributed by atoms with Crippen LogP contribution >= 0.6 is 11.6 Å². The number of hydrogen-bond acceptors (Lipinski definition) is 4. The Balaban J connectivity index is 1.78. The van der Waals surface area contributed by atoms with Crippen LogP contribution in [0.15, 0.2) is 24.3 Å². The van der Waals surface area contributed by atoms with E-state index in [1.165, 1.54) is 0 Å². The average molecular weight is 353 g/mol. The van der Waals surface area contributed by atoms with Gasteiger partial charge in [0.15, 0.2) is 0 Å². The van der Waals surface area contributed by atoms with Crippen molar-refractivity contribution < 1.29 is 14.3 Å². The molecule has 0 aromatic heterocycles. The van der Waals surface area contributed by atoms with Gasteiger partial charge < -0.3 is 15.4 Å². The van der Waals surface area contributed by atoms with Gasteiger partial charge >= 0.3 is 5.97 Å². The van der Waals surface area contributed by atoms with Crippen LogP contribution in [0.25, 0.3) is 0 Å². The lowest BCUT2D eigenvalue weighted by Gasteiger charge is -2.29. The minimum atomic E-state index is -0.813. The first-order valence-electron chi connectivity index (χ1n) is 8.30. The highest BCUT2D eigenvalue weighted by atomic mass is 35.5. The van der Waals surface area contributed by atoms with Crippen LogP contribution in [0.4, 0.5) is 0 Å². The lowest BCUT2D eigenvalue weighted by atomic mass is 9.97. The predicted octanol–water partition coefficient (Wildman–Crippen LogP) is 2.67. The van der Waals surface area contributed by atoms with E-state index in [-0.39, 0.29) is 24.2 Å². The van der Waals surface area contributed by atoms with Crippen LogP contribution in [-0.2, 0) is 20.9 Å². The number of esters is 1. The Labute approximate surface area is 148 Å². The lowest BCUT2D eigenvalue weighted by Crippen LogP contribution is -2.39. The Hall–Kier alpha value is -1.59. The number of piperidine rings is 1. The average Bonchev–Trinajstić information content (AvgIpc) is 2.54. The summed E-state index contributed by atoms with van der Waals surface area (Å²) in [6, 6.07) is 7.30. The van der Waals surface area contributed by atoms with Gasteiger partial charge in [0.2, 0.25) is 5.91 Å². The van der Waals surface area contributed by atoms with Gasteiger partial charge in [-0.05, 0) is 57.5 Å².